The Morgan fingerprint density at radius 2 is 2.06 bits per heavy atom. The third-order valence-electron chi connectivity index (χ3n) is 5.92. The van der Waals surface area contributed by atoms with Crippen LogP contribution < -0.4 is 10.2 Å². The number of aryl methyl sites for hydroxylation is 2. The molecule has 0 bridgehead atoms. The normalized spacial score (nSPS) is 15.4. The molecule has 180 valence electrons. The third kappa shape index (κ3) is 5.70. The van der Waals surface area contributed by atoms with E-state index in [2.05, 4.69) is 20.3 Å². The van der Waals surface area contributed by atoms with E-state index in [9.17, 15) is 10.0 Å². The summed E-state index contributed by atoms with van der Waals surface area (Å²) in [6.07, 6.45) is 1.78. The van der Waals surface area contributed by atoms with Crippen LogP contribution in [0.4, 0.5) is 16.8 Å². The molecule has 0 unspecified atom stereocenters. The van der Waals surface area contributed by atoms with Gasteiger partial charge in [0.25, 0.3) is 0 Å². The lowest BCUT2D eigenvalue weighted by molar-refractivity contribution is -0.881. The number of thiazole rings is 1. The monoisotopic (exact) mass is 502 g/mol. The summed E-state index contributed by atoms with van der Waals surface area (Å²) in [4.78, 5) is 28.7. The van der Waals surface area contributed by atoms with Gasteiger partial charge in [0, 0.05) is 17.5 Å². The van der Waals surface area contributed by atoms with E-state index in [-0.39, 0.29) is 30.0 Å². The number of piperazine rings is 1. The van der Waals surface area contributed by atoms with E-state index >= 15 is 0 Å². The van der Waals surface area contributed by atoms with Crippen LogP contribution in [-0.2, 0) is 6.42 Å². The number of hydrogen-bond donors (Lipinski definition) is 2. The second-order valence-corrected chi connectivity index (χ2v) is 9.83. The molecule has 0 radical (unpaired) electrons. The van der Waals surface area contributed by atoms with Crippen molar-refractivity contribution in [1.29, 1.82) is 0 Å². The van der Waals surface area contributed by atoms with E-state index in [0.29, 0.717) is 52.9 Å². The van der Waals surface area contributed by atoms with E-state index < -0.39 is 0 Å². The molecule has 3 aromatic rings. The second kappa shape index (κ2) is 10.3. The van der Waals surface area contributed by atoms with Crippen LogP contribution in [0.25, 0.3) is 0 Å². The summed E-state index contributed by atoms with van der Waals surface area (Å²) in [5.41, 5.74) is 1.81. The molecule has 1 aliphatic heterocycles. The number of nitrogens with zero attached hydrogens (tertiary/aromatic N) is 5. The van der Waals surface area contributed by atoms with Crippen LogP contribution in [0.15, 0.2) is 30.5 Å². The maximum atomic E-state index is 12.8. The predicted octanol–water partition coefficient (Wildman–Crippen LogP) is 3.50. The summed E-state index contributed by atoms with van der Waals surface area (Å²) in [6, 6.07) is 7.42. The number of hydrogen-bond acceptors (Lipinski definition) is 9. The first kappa shape index (κ1) is 24.5. The molecule has 4 rings (SSSR count). The highest BCUT2D eigenvalue weighted by molar-refractivity contribution is 7.17. The van der Waals surface area contributed by atoms with Crippen LogP contribution in [0, 0.1) is 19.1 Å². The highest BCUT2D eigenvalue weighted by atomic mass is 35.5. The van der Waals surface area contributed by atoms with Crippen LogP contribution in [0.5, 0.6) is 0 Å². The van der Waals surface area contributed by atoms with Gasteiger partial charge in [-0.05, 0) is 31.0 Å². The Bertz CT molecular complexity index is 1160. The lowest BCUT2D eigenvalue weighted by Gasteiger charge is -2.48. The number of aliphatic hydroxyl groups is 1. The van der Waals surface area contributed by atoms with Gasteiger partial charge < -0.3 is 25.2 Å². The topological polar surface area (TPSA) is 114 Å². The summed E-state index contributed by atoms with van der Waals surface area (Å²) < 4.78 is -0.383. The van der Waals surface area contributed by atoms with Crippen molar-refractivity contribution in [2.75, 3.05) is 49.5 Å². The molecule has 0 aliphatic carbocycles. The zero-order valence-electron chi connectivity index (χ0n) is 19.1. The second-order valence-electron chi connectivity index (χ2n) is 8.39. The number of nitrogens with one attached hydrogen (secondary N) is 1. The Kier molecular flexibility index (Phi) is 7.44. The van der Waals surface area contributed by atoms with Gasteiger partial charge >= 0.3 is 0 Å². The summed E-state index contributed by atoms with van der Waals surface area (Å²) in [5, 5.41) is 26.0. The van der Waals surface area contributed by atoms with E-state index in [1.807, 2.05) is 30.0 Å². The van der Waals surface area contributed by atoms with Gasteiger partial charge in [-0.2, -0.15) is 0 Å². The van der Waals surface area contributed by atoms with E-state index in [1.54, 1.807) is 19.2 Å². The lowest BCUT2D eigenvalue weighted by atomic mass is 10.0. The molecule has 1 fully saturated rings. The fourth-order valence-corrected chi connectivity index (χ4v) is 5.00. The van der Waals surface area contributed by atoms with Gasteiger partial charge in [-0.15, -0.1) is 0 Å². The molecule has 1 aromatic carbocycles. The SMILES string of the molecule is Cc1nc(Nc2ncc(C(=O)Cc3c(C)cccc3Cl)s2)cc(N2CC[N+]([O-])(CCO)CC2)n1. The minimum Gasteiger partial charge on any atom is -0.633 e. The molecule has 11 heteroatoms. The standard InChI is InChI=1S/C23H27ClN6O3S/c1-15-4-3-5-18(24)17(15)12-19(32)20-14-25-23(34-20)28-21-13-22(27-16(2)26-21)29-6-8-30(33,9-7-29)10-11-31/h3-5,13-14,31H,6-12H2,1-2H3,(H,25,26,27,28). The average molecular weight is 503 g/mol. The third-order valence-corrected chi connectivity index (χ3v) is 7.22. The molecule has 2 aromatic heterocycles. The highest BCUT2D eigenvalue weighted by Crippen LogP contribution is 2.27. The summed E-state index contributed by atoms with van der Waals surface area (Å²) in [6.45, 7) is 5.75. The molecule has 0 spiro atoms. The molecule has 0 saturated carbocycles. The van der Waals surface area contributed by atoms with Crippen molar-refractivity contribution in [2.24, 2.45) is 0 Å². The molecular weight excluding hydrogens is 476 g/mol. The van der Waals surface area contributed by atoms with Crippen molar-refractivity contribution in [3.05, 3.63) is 62.5 Å². The minimum atomic E-state index is -0.383. The van der Waals surface area contributed by atoms with Gasteiger partial charge in [0.05, 0.1) is 43.9 Å². The van der Waals surface area contributed by atoms with Crippen LogP contribution >= 0.6 is 22.9 Å². The van der Waals surface area contributed by atoms with Crippen molar-refractivity contribution in [3.8, 4) is 0 Å². The fourth-order valence-electron chi connectivity index (χ4n) is 3.95. The number of Topliss-reactive ketones (excluding diaryl/α,β-unsaturated/α-hetero) is 1. The quantitative estimate of drug-likeness (QED) is 0.273. The van der Waals surface area contributed by atoms with Crippen molar-refractivity contribution in [3.63, 3.8) is 0 Å². The Hall–Kier alpha value is -2.63. The number of quaternary nitrogens is 1. The van der Waals surface area contributed by atoms with Crippen LogP contribution in [0.2, 0.25) is 5.02 Å². The first-order valence-electron chi connectivity index (χ1n) is 11.0. The summed E-state index contributed by atoms with van der Waals surface area (Å²) in [5.74, 6) is 1.84. The predicted molar refractivity (Wildman–Crippen MR) is 134 cm³/mol. The summed E-state index contributed by atoms with van der Waals surface area (Å²) >= 11 is 7.54. The van der Waals surface area contributed by atoms with Crippen molar-refractivity contribution in [2.45, 2.75) is 20.3 Å². The number of halogens is 1. The number of rotatable bonds is 8. The van der Waals surface area contributed by atoms with Gasteiger partial charge in [0.15, 0.2) is 10.9 Å². The number of carbonyl (C=O) groups excluding carboxylic acids is 1. The first-order valence-corrected chi connectivity index (χ1v) is 12.2. The summed E-state index contributed by atoms with van der Waals surface area (Å²) in [7, 11) is 0. The average Bonchev–Trinajstić information content (AvgIpc) is 3.25. The number of anilines is 3. The number of benzene rings is 1. The van der Waals surface area contributed by atoms with Gasteiger partial charge in [-0.1, -0.05) is 35.1 Å². The van der Waals surface area contributed by atoms with Crippen LogP contribution in [0.3, 0.4) is 0 Å². The first-order chi connectivity index (χ1) is 16.3. The number of aliphatic hydroxyl groups excluding tert-OH is 1. The zero-order valence-corrected chi connectivity index (χ0v) is 20.7. The highest BCUT2D eigenvalue weighted by Gasteiger charge is 2.26. The number of ketones is 1. The van der Waals surface area contributed by atoms with Gasteiger partial charge in [-0.3, -0.25) is 4.79 Å². The zero-order chi connectivity index (χ0) is 24.3. The van der Waals surface area contributed by atoms with Crippen molar-refractivity contribution in [1.82, 2.24) is 15.0 Å². The number of hydroxylamine groups is 3. The Morgan fingerprint density at radius 3 is 2.76 bits per heavy atom. The van der Waals surface area contributed by atoms with Crippen LogP contribution in [0.1, 0.15) is 26.6 Å². The van der Waals surface area contributed by atoms with E-state index in [0.717, 1.165) is 16.9 Å². The largest absolute Gasteiger partial charge is 0.633 e. The molecule has 3 heterocycles. The Morgan fingerprint density at radius 1 is 1.29 bits per heavy atom. The maximum absolute atomic E-state index is 12.8. The van der Waals surface area contributed by atoms with E-state index in [1.165, 1.54) is 11.3 Å². The number of aromatic nitrogens is 3. The molecular formula is C23H27ClN6O3S. The molecule has 0 atom stereocenters. The molecule has 34 heavy (non-hydrogen) atoms. The Labute approximate surface area is 207 Å². The molecule has 0 amide bonds. The number of carbonyl (C=O) groups is 1. The van der Waals surface area contributed by atoms with Gasteiger partial charge in [0.2, 0.25) is 0 Å². The minimum absolute atomic E-state index is 0.0447. The lowest BCUT2D eigenvalue weighted by Crippen LogP contribution is -2.57. The van der Waals surface area contributed by atoms with Crippen molar-refractivity contribution >= 4 is 45.5 Å². The van der Waals surface area contributed by atoms with Crippen LogP contribution in [-0.4, -0.2) is 69.8 Å². The molecule has 2 N–H and O–H groups in total. The van der Waals surface area contributed by atoms with Gasteiger partial charge in [-0.25, -0.2) is 15.0 Å². The fraction of sp³-hybridized carbons (Fsp3) is 0.391. The van der Waals surface area contributed by atoms with Crippen molar-refractivity contribution < 1.29 is 14.5 Å². The smallest absolute Gasteiger partial charge is 0.188 e. The Balaban J connectivity index is 1.44. The molecule has 1 saturated heterocycles. The maximum Gasteiger partial charge on any atom is 0.188 e. The van der Waals surface area contributed by atoms with Gasteiger partial charge in [0.1, 0.15) is 24.0 Å². The molecule has 9 nitrogen and oxygen atoms in total. The van der Waals surface area contributed by atoms with E-state index in [4.69, 9.17) is 16.7 Å². The molecule has 1 aliphatic rings.